The van der Waals surface area contributed by atoms with Gasteiger partial charge >= 0.3 is 0 Å². The summed E-state index contributed by atoms with van der Waals surface area (Å²) in [5, 5.41) is 3.45. The normalized spacial score (nSPS) is 15.1. The van der Waals surface area contributed by atoms with Gasteiger partial charge in [0.1, 0.15) is 11.5 Å². The number of nitrogens with one attached hydrogen (secondary N) is 1. The zero-order valence-corrected chi connectivity index (χ0v) is 11.6. The molecule has 88 valence electrons. The van der Waals surface area contributed by atoms with Gasteiger partial charge in [-0.15, -0.1) is 0 Å². The van der Waals surface area contributed by atoms with E-state index in [1.54, 1.807) is 0 Å². The summed E-state index contributed by atoms with van der Waals surface area (Å²) in [4.78, 5) is 0. The van der Waals surface area contributed by atoms with Crippen LogP contribution in [0.15, 0.2) is 40.8 Å². The average molecular weight is 339 g/mol. The predicted octanol–water partition coefficient (Wildman–Crippen LogP) is 3.80. The standard InChI is InChI=1S/C14H14INO/c15-11-3-1-10(2-4-11)14-8-7-13(17-14)9-16-12-5-6-12/h1-4,7-8,12,16H,5-6,9H2. The third-order valence-corrected chi connectivity index (χ3v) is 3.65. The van der Waals surface area contributed by atoms with Crippen LogP contribution in [0.25, 0.3) is 11.3 Å². The van der Waals surface area contributed by atoms with E-state index in [-0.39, 0.29) is 0 Å². The molecule has 1 aliphatic rings. The SMILES string of the molecule is Ic1ccc(-c2ccc(CNC3CC3)o2)cc1. The Bertz CT molecular complexity index is 499. The van der Waals surface area contributed by atoms with Crippen molar-refractivity contribution in [1.82, 2.24) is 5.32 Å². The monoisotopic (exact) mass is 339 g/mol. The lowest BCUT2D eigenvalue weighted by atomic mass is 10.2. The number of hydrogen-bond donors (Lipinski definition) is 1. The fourth-order valence-corrected chi connectivity index (χ4v) is 2.13. The summed E-state index contributed by atoms with van der Waals surface area (Å²) in [7, 11) is 0. The van der Waals surface area contributed by atoms with Crippen LogP contribution in [0.2, 0.25) is 0 Å². The molecule has 1 aromatic heterocycles. The molecule has 1 N–H and O–H groups in total. The molecule has 0 amide bonds. The van der Waals surface area contributed by atoms with Gasteiger partial charge in [0.15, 0.2) is 0 Å². The van der Waals surface area contributed by atoms with Crippen LogP contribution in [0.4, 0.5) is 0 Å². The van der Waals surface area contributed by atoms with Gasteiger partial charge in [0.25, 0.3) is 0 Å². The highest BCUT2D eigenvalue weighted by Crippen LogP contribution is 2.24. The van der Waals surface area contributed by atoms with E-state index in [1.165, 1.54) is 16.4 Å². The molecule has 0 saturated heterocycles. The Kier molecular flexibility index (Phi) is 3.20. The van der Waals surface area contributed by atoms with E-state index in [9.17, 15) is 0 Å². The molecule has 3 rings (SSSR count). The number of benzene rings is 1. The number of furan rings is 1. The maximum absolute atomic E-state index is 5.82. The summed E-state index contributed by atoms with van der Waals surface area (Å²) >= 11 is 2.31. The van der Waals surface area contributed by atoms with E-state index < -0.39 is 0 Å². The summed E-state index contributed by atoms with van der Waals surface area (Å²) in [6.45, 7) is 0.842. The molecular weight excluding hydrogens is 325 g/mol. The van der Waals surface area contributed by atoms with Gasteiger partial charge in [0, 0.05) is 15.2 Å². The van der Waals surface area contributed by atoms with Gasteiger partial charge in [-0.2, -0.15) is 0 Å². The first-order valence-electron chi connectivity index (χ1n) is 5.89. The van der Waals surface area contributed by atoms with Gasteiger partial charge in [-0.3, -0.25) is 0 Å². The summed E-state index contributed by atoms with van der Waals surface area (Å²) in [6, 6.07) is 13.2. The molecule has 2 nitrogen and oxygen atoms in total. The average Bonchev–Trinajstić information content (AvgIpc) is 3.06. The second kappa shape index (κ2) is 4.82. The van der Waals surface area contributed by atoms with Crippen LogP contribution in [0, 0.1) is 3.57 Å². The minimum Gasteiger partial charge on any atom is -0.460 e. The summed E-state index contributed by atoms with van der Waals surface area (Å²) in [6.07, 6.45) is 2.62. The van der Waals surface area contributed by atoms with Gasteiger partial charge in [0.2, 0.25) is 0 Å². The first-order valence-corrected chi connectivity index (χ1v) is 6.97. The highest BCUT2D eigenvalue weighted by Gasteiger charge is 2.20. The predicted molar refractivity (Wildman–Crippen MR) is 76.7 cm³/mol. The molecule has 0 spiro atoms. The van der Waals surface area contributed by atoms with Crippen molar-refractivity contribution in [2.24, 2.45) is 0 Å². The highest BCUT2D eigenvalue weighted by atomic mass is 127. The van der Waals surface area contributed by atoms with E-state index in [0.717, 1.165) is 29.7 Å². The quantitative estimate of drug-likeness (QED) is 0.857. The first kappa shape index (κ1) is 11.3. The lowest BCUT2D eigenvalue weighted by molar-refractivity contribution is 0.492. The van der Waals surface area contributed by atoms with Crippen molar-refractivity contribution in [2.45, 2.75) is 25.4 Å². The molecule has 1 heterocycles. The third-order valence-electron chi connectivity index (χ3n) is 2.93. The molecule has 0 radical (unpaired) electrons. The Morgan fingerprint density at radius 2 is 1.88 bits per heavy atom. The molecular formula is C14H14INO. The number of halogens is 1. The van der Waals surface area contributed by atoms with Gasteiger partial charge in [0.05, 0.1) is 6.54 Å². The van der Waals surface area contributed by atoms with Crippen LogP contribution >= 0.6 is 22.6 Å². The smallest absolute Gasteiger partial charge is 0.134 e. The van der Waals surface area contributed by atoms with Crippen molar-refractivity contribution in [3.8, 4) is 11.3 Å². The molecule has 1 aromatic carbocycles. The first-order chi connectivity index (χ1) is 8.31. The van der Waals surface area contributed by atoms with Gasteiger partial charge in [-0.25, -0.2) is 0 Å². The zero-order chi connectivity index (χ0) is 11.7. The van der Waals surface area contributed by atoms with Crippen molar-refractivity contribution in [1.29, 1.82) is 0 Å². The third kappa shape index (κ3) is 2.90. The maximum Gasteiger partial charge on any atom is 0.134 e. The van der Waals surface area contributed by atoms with Crippen molar-refractivity contribution in [2.75, 3.05) is 0 Å². The molecule has 3 heteroatoms. The highest BCUT2D eigenvalue weighted by molar-refractivity contribution is 14.1. The van der Waals surface area contributed by atoms with Crippen LogP contribution in [0.5, 0.6) is 0 Å². The molecule has 1 aliphatic carbocycles. The molecule has 0 unspecified atom stereocenters. The summed E-state index contributed by atoms with van der Waals surface area (Å²) < 4.78 is 7.07. The number of rotatable bonds is 4. The fraction of sp³-hybridized carbons (Fsp3) is 0.286. The Morgan fingerprint density at radius 3 is 2.59 bits per heavy atom. The Hall–Kier alpha value is -0.810. The Labute approximate surface area is 115 Å². The molecule has 1 saturated carbocycles. The van der Waals surface area contributed by atoms with Crippen molar-refractivity contribution in [3.05, 3.63) is 45.7 Å². The zero-order valence-electron chi connectivity index (χ0n) is 9.45. The Morgan fingerprint density at radius 1 is 1.12 bits per heavy atom. The second-order valence-corrected chi connectivity index (χ2v) is 5.67. The lowest BCUT2D eigenvalue weighted by Crippen LogP contribution is -2.14. The topological polar surface area (TPSA) is 25.2 Å². The van der Waals surface area contributed by atoms with Crippen molar-refractivity contribution < 1.29 is 4.42 Å². The molecule has 2 aromatic rings. The molecule has 17 heavy (non-hydrogen) atoms. The van der Waals surface area contributed by atoms with Gasteiger partial charge in [-0.1, -0.05) is 12.1 Å². The molecule has 0 atom stereocenters. The van der Waals surface area contributed by atoms with Crippen LogP contribution in [0.3, 0.4) is 0 Å². The molecule has 0 aliphatic heterocycles. The van der Waals surface area contributed by atoms with E-state index in [1.807, 2.05) is 6.07 Å². The Balaban J connectivity index is 1.72. The molecule has 1 fully saturated rings. The van der Waals surface area contributed by atoms with Gasteiger partial charge in [-0.05, 0) is 59.7 Å². The van der Waals surface area contributed by atoms with Crippen LogP contribution in [0.1, 0.15) is 18.6 Å². The summed E-state index contributed by atoms with van der Waals surface area (Å²) in [5.74, 6) is 1.97. The largest absolute Gasteiger partial charge is 0.460 e. The fourth-order valence-electron chi connectivity index (χ4n) is 1.77. The van der Waals surface area contributed by atoms with E-state index in [4.69, 9.17) is 4.42 Å². The minimum atomic E-state index is 0.724. The maximum atomic E-state index is 5.82. The van der Waals surface area contributed by atoms with Crippen LogP contribution < -0.4 is 5.32 Å². The van der Waals surface area contributed by atoms with Crippen LogP contribution in [-0.2, 0) is 6.54 Å². The van der Waals surface area contributed by atoms with E-state index >= 15 is 0 Å². The summed E-state index contributed by atoms with van der Waals surface area (Å²) in [5.41, 5.74) is 1.14. The number of hydrogen-bond acceptors (Lipinski definition) is 2. The van der Waals surface area contributed by atoms with Crippen molar-refractivity contribution >= 4 is 22.6 Å². The molecule has 0 bridgehead atoms. The van der Waals surface area contributed by atoms with E-state index in [0.29, 0.717) is 0 Å². The second-order valence-electron chi connectivity index (χ2n) is 4.43. The lowest BCUT2D eigenvalue weighted by Gasteiger charge is -1.99. The van der Waals surface area contributed by atoms with Crippen LogP contribution in [-0.4, -0.2) is 6.04 Å². The van der Waals surface area contributed by atoms with E-state index in [2.05, 4.69) is 58.2 Å². The minimum absolute atomic E-state index is 0.724. The van der Waals surface area contributed by atoms with Crippen molar-refractivity contribution in [3.63, 3.8) is 0 Å². The van der Waals surface area contributed by atoms with Gasteiger partial charge < -0.3 is 9.73 Å².